The number of rotatable bonds is 15. The molecule has 0 bridgehead atoms. The van der Waals surface area contributed by atoms with Crippen molar-refractivity contribution in [2.45, 2.75) is 187 Å². The summed E-state index contributed by atoms with van der Waals surface area (Å²) in [4.78, 5) is 82.9. The number of ether oxygens (including phenoxy) is 2. The van der Waals surface area contributed by atoms with Crippen molar-refractivity contribution in [1.82, 2.24) is 24.9 Å². The monoisotopic (exact) mass is 1620 g/mol. The number of aromatic carboxylic acids is 3. The third-order valence-corrected chi connectivity index (χ3v) is 27.6. The topological polar surface area (TPSA) is 229 Å². The predicted octanol–water partition coefficient (Wildman–Crippen LogP) is 22.4. The summed E-state index contributed by atoms with van der Waals surface area (Å²) in [5, 5.41) is 28.0. The Hall–Kier alpha value is -11.4. The maximum absolute atomic E-state index is 12.0. The largest absolute Gasteiger partial charge is 0.478 e. The van der Waals surface area contributed by atoms with Gasteiger partial charge in [0.25, 0.3) is 0 Å². The molecule has 10 aliphatic rings. The Bertz CT molecular complexity index is 5580. The van der Waals surface area contributed by atoms with Crippen molar-refractivity contribution in [3.8, 4) is 0 Å². The van der Waals surface area contributed by atoms with Crippen LogP contribution in [-0.4, -0.2) is 95.8 Å². The number of hydrogen-bond acceptors (Lipinski definition) is 14. The maximum Gasteiger partial charge on any atom is 0.338 e. The fourth-order valence-electron chi connectivity index (χ4n) is 19.7. The van der Waals surface area contributed by atoms with Crippen LogP contribution >= 0.6 is 23.5 Å². The highest BCUT2D eigenvalue weighted by molar-refractivity contribution is 7.99. The van der Waals surface area contributed by atoms with E-state index in [1.165, 1.54) is 186 Å². The van der Waals surface area contributed by atoms with Crippen molar-refractivity contribution in [2.24, 2.45) is 0 Å². The lowest BCUT2D eigenvalue weighted by atomic mass is 9.79. The molecule has 10 aromatic rings. The van der Waals surface area contributed by atoms with Crippen molar-refractivity contribution in [1.29, 1.82) is 0 Å². The van der Waals surface area contributed by atoms with Crippen LogP contribution in [0, 0.1) is 0 Å². The molecule has 0 spiro atoms. The summed E-state index contributed by atoms with van der Waals surface area (Å²) < 4.78 is 9.82. The summed E-state index contributed by atoms with van der Waals surface area (Å²) in [5.41, 5.74) is 30.0. The number of fused-ring (bicyclic) bond motifs is 10. The van der Waals surface area contributed by atoms with Crippen LogP contribution < -0.4 is 0 Å². The zero-order valence-corrected chi connectivity index (χ0v) is 69.2. The molecule has 5 aromatic heterocycles. The van der Waals surface area contributed by atoms with Gasteiger partial charge in [-0.15, -0.1) is 23.5 Å². The second-order valence-corrected chi connectivity index (χ2v) is 35.0. The first-order valence-corrected chi connectivity index (χ1v) is 44.1. The number of esters is 2. The molecular formula is C102H99N5O10S2. The van der Waals surface area contributed by atoms with E-state index in [0.29, 0.717) is 57.4 Å². The van der Waals surface area contributed by atoms with Crippen LogP contribution in [0.1, 0.15) is 278 Å². The third-order valence-electron chi connectivity index (χ3n) is 25.4. The minimum Gasteiger partial charge on any atom is -0.478 e. The Balaban J connectivity index is 0.000000111. The Kier molecular flexibility index (Phi) is 25.8. The lowest BCUT2D eigenvalue weighted by Gasteiger charge is -2.26. The van der Waals surface area contributed by atoms with E-state index in [1.54, 1.807) is 61.3 Å². The first-order chi connectivity index (χ1) is 58.2. The average molecular weight is 1620 g/mol. The average Bonchev–Trinajstić information content (AvgIpc) is 1.51. The van der Waals surface area contributed by atoms with E-state index in [2.05, 4.69) is 177 Å². The molecule has 8 aliphatic carbocycles. The van der Waals surface area contributed by atoms with Gasteiger partial charge in [-0.2, -0.15) is 0 Å². The van der Waals surface area contributed by atoms with E-state index < -0.39 is 17.9 Å². The van der Waals surface area contributed by atoms with E-state index in [-0.39, 0.29) is 11.9 Å². The van der Waals surface area contributed by atoms with Gasteiger partial charge in [-0.1, -0.05) is 150 Å². The summed E-state index contributed by atoms with van der Waals surface area (Å²) in [7, 11) is 2.86. The van der Waals surface area contributed by atoms with Crippen molar-refractivity contribution >= 4 is 83.8 Å². The number of carboxylic acid groups (broad SMARTS) is 3. The number of carbonyl (C=O) groups is 5. The van der Waals surface area contributed by atoms with Crippen molar-refractivity contribution in [3.05, 3.63) is 339 Å². The highest BCUT2D eigenvalue weighted by atomic mass is 32.2. The van der Waals surface area contributed by atoms with Crippen LogP contribution in [0.15, 0.2) is 220 Å². The number of thioether (sulfide) groups is 2. The standard InChI is InChI=1S/C22H23NO2.C21H21NO2.C20H19NO2S.C20H19NO2.C19H17NO2S/c1-25-22(24)19-10-11-23-21-14-15(13-20(19)21)12-17-8-3-2-6-16-7-4-5-9-18(16)17;23-21(24)18-9-10-22-20-13-14(12-19(18)20)11-16-7-2-1-5-15-6-3-4-8-17(15)16;1-23-20(22)16-6-8-21-18-12-13(11-17(16)18)10-14-7-9-24-19-5-3-2-4-15(14)19;22-20(23)17-8-9-21-19-12-13(11-18(17)19)10-15-6-3-5-14-4-1-2-7-16(14)15;21-19(22)15-5-7-20-17-11-12(10-16(15)17)9-13-6-8-23-18-4-2-1-3-14(13)18/h4-5,7,9-11,14,17H,2-3,6,8,12-13H2,1H3;3-4,6,8-10,13,16H,1-2,5,7,11-12H2,(H,23,24);2-6,8,12,14H,7,9-11H2,1H3;1-2,4,7-9,12,15H,3,5-6,10-11H2,(H,22,23);1-5,7,11,13H,6,8-10H2,(H,21,22). The fourth-order valence-corrected chi connectivity index (χ4v) is 22.1. The SMILES string of the molecule is COC(=O)c1ccnc2c1CC(CC1CCCCc3ccccc31)=C2.COC(=O)c1ccnc2c1CC(CC1CCSc3ccccc31)=C2.O=C(O)c1ccnc2c1CC(CC1CCCCc3ccccc31)=C2.O=C(O)c1ccnc2c1CC(CC1CCCc3ccccc31)=C2.O=C(O)c1ccnc2c1CC(CC1CCSc3ccccc31)=C2. The fraction of sp³-hybridized carbons (Fsp3) is 0.314. The van der Waals surface area contributed by atoms with E-state index in [1.807, 2.05) is 23.5 Å². The van der Waals surface area contributed by atoms with Gasteiger partial charge in [0.1, 0.15) is 0 Å². The number of carboxylic acids is 3. The molecule has 604 valence electrons. The van der Waals surface area contributed by atoms with Crippen LogP contribution in [0.25, 0.3) is 30.4 Å². The van der Waals surface area contributed by atoms with Gasteiger partial charge in [0.05, 0.1) is 70.5 Å². The Morgan fingerprint density at radius 2 is 0.580 bits per heavy atom. The molecular weight excluding hydrogens is 1520 g/mol. The highest BCUT2D eigenvalue weighted by Gasteiger charge is 2.33. The number of methoxy groups -OCH3 is 2. The minimum absolute atomic E-state index is 0.270. The summed E-state index contributed by atoms with van der Waals surface area (Å²) in [6, 6.07) is 52.1. The normalized spacial score (nSPS) is 18.9. The lowest BCUT2D eigenvalue weighted by Crippen LogP contribution is -2.10. The number of aromatic nitrogens is 5. The molecule has 3 N–H and O–H groups in total. The number of pyridine rings is 5. The van der Waals surface area contributed by atoms with Gasteiger partial charge in [0.15, 0.2) is 0 Å². The van der Waals surface area contributed by atoms with Gasteiger partial charge in [-0.25, -0.2) is 24.0 Å². The van der Waals surface area contributed by atoms with Crippen LogP contribution in [0.3, 0.4) is 0 Å². The highest BCUT2D eigenvalue weighted by Crippen LogP contribution is 2.47. The van der Waals surface area contributed by atoms with Gasteiger partial charge < -0.3 is 24.8 Å². The summed E-state index contributed by atoms with van der Waals surface area (Å²) in [6.45, 7) is 0. The summed E-state index contributed by atoms with van der Waals surface area (Å²) >= 11 is 3.89. The van der Waals surface area contributed by atoms with E-state index in [0.717, 1.165) is 126 Å². The first-order valence-electron chi connectivity index (χ1n) is 42.1. The van der Waals surface area contributed by atoms with Crippen molar-refractivity contribution < 1.29 is 48.8 Å². The molecule has 5 atom stereocenters. The number of allylic oxidation sites excluding steroid dienone is 5. The quantitative estimate of drug-likeness (QED) is 0.0640. The van der Waals surface area contributed by atoms with E-state index >= 15 is 0 Å². The molecule has 2 aliphatic heterocycles. The molecule has 0 saturated heterocycles. The molecule has 5 aromatic carbocycles. The van der Waals surface area contributed by atoms with Gasteiger partial charge >= 0.3 is 29.8 Å². The van der Waals surface area contributed by atoms with Crippen LogP contribution in [0.2, 0.25) is 0 Å². The third kappa shape index (κ3) is 18.7. The molecule has 20 rings (SSSR count). The zero-order chi connectivity index (χ0) is 81.9. The molecule has 0 amide bonds. The second-order valence-electron chi connectivity index (χ2n) is 32.7. The summed E-state index contributed by atoms with van der Waals surface area (Å²) in [6.07, 6.45) is 43.6. The van der Waals surface area contributed by atoms with E-state index in [9.17, 15) is 39.3 Å². The van der Waals surface area contributed by atoms with Crippen LogP contribution in [-0.2, 0) is 60.8 Å². The number of nitrogens with zero attached hydrogens (tertiary/aromatic N) is 5. The smallest absolute Gasteiger partial charge is 0.338 e. The Labute approximate surface area is 704 Å². The molecule has 0 radical (unpaired) electrons. The predicted molar refractivity (Wildman–Crippen MR) is 471 cm³/mol. The number of aryl methyl sites for hydroxylation is 3. The maximum atomic E-state index is 12.0. The molecule has 7 heterocycles. The van der Waals surface area contributed by atoms with Crippen LogP contribution in [0.5, 0.6) is 0 Å². The van der Waals surface area contributed by atoms with Gasteiger partial charge in [-0.05, 0) is 321 Å². The Morgan fingerprint density at radius 3 is 0.891 bits per heavy atom. The van der Waals surface area contributed by atoms with Gasteiger partial charge in [-0.3, -0.25) is 24.9 Å². The van der Waals surface area contributed by atoms with Gasteiger partial charge in [0.2, 0.25) is 0 Å². The number of carbonyl (C=O) groups excluding carboxylic acids is 2. The summed E-state index contributed by atoms with van der Waals surface area (Å²) in [5.74, 6) is 1.95. The number of hydrogen-bond donors (Lipinski definition) is 3. The molecule has 119 heavy (non-hydrogen) atoms. The van der Waals surface area contributed by atoms with E-state index in [4.69, 9.17) is 9.47 Å². The lowest BCUT2D eigenvalue weighted by molar-refractivity contribution is 0.0590. The number of benzene rings is 5. The molecule has 5 unspecified atom stereocenters. The molecule has 15 nitrogen and oxygen atoms in total. The van der Waals surface area contributed by atoms with Crippen molar-refractivity contribution in [2.75, 3.05) is 25.7 Å². The molecule has 17 heteroatoms. The van der Waals surface area contributed by atoms with Gasteiger partial charge in [0, 0.05) is 40.8 Å². The molecule has 0 fully saturated rings. The second kappa shape index (κ2) is 37.7. The molecule has 0 saturated carbocycles. The van der Waals surface area contributed by atoms with Crippen LogP contribution in [0.4, 0.5) is 0 Å². The van der Waals surface area contributed by atoms with Crippen molar-refractivity contribution in [3.63, 3.8) is 0 Å². The first kappa shape index (κ1) is 81.3. The Morgan fingerprint density at radius 1 is 0.319 bits per heavy atom. The zero-order valence-electron chi connectivity index (χ0n) is 67.5. The minimum atomic E-state index is -0.863.